The summed E-state index contributed by atoms with van der Waals surface area (Å²) in [7, 11) is 1.72. The van der Waals surface area contributed by atoms with Crippen molar-refractivity contribution in [1.29, 1.82) is 0 Å². The normalized spacial score (nSPS) is 10.8. The first-order valence-electron chi connectivity index (χ1n) is 6.39. The van der Waals surface area contributed by atoms with Gasteiger partial charge in [-0.3, -0.25) is 0 Å². The third kappa shape index (κ3) is 6.97. The highest BCUT2D eigenvalue weighted by atomic mass is 35.5. The Labute approximate surface area is 115 Å². The van der Waals surface area contributed by atoms with E-state index in [9.17, 15) is 0 Å². The van der Waals surface area contributed by atoms with Gasteiger partial charge < -0.3 is 15.4 Å². The summed E-state index contributed by atoms with van der Waals surface area (Å²) >= 11 is 6.01. The van der Waals surface area contributed by atoms with Crippen molar-refractivity contribution in [1.82, 2.24) is 10.6 Å². The summed E-state index contributed by atoms with van der Waals surface area (Å²) in [6.45, 7) is 6.66. The van der Waals surface area contributed by atoms with Gasteiger partial charge in [-0.2, -0.15) is 0 Å². The topological polar surface area (TPSA) is 33.3 Å². The molecule has 1 aromatic carbocycles. The average Bonchev–Trinajstić information content (AvgIpc) is 2.31. The lowest BCUT2D eigenvalue weighted by atomic mass is 10.1. The van der Waals surface area contributed by atoms with E-state index in [0.717, 1.165) is 44.2 Å². The standard InChI is InChI=1S/C14H23ClN2O/c1-12-8-13(10-14(15)9-12)11-17-5-3-4-16-6-7-18-2/h8-10,16-17H,3-7,11H2,1-2H3. The molecule has 0 aliphatic carbocycles. The second-order valence-corrected chi connectivity index (χ2v) is 4.85. The first-order chi connectivity index (χ1) is 8.72. The zero-order chi connectivity index (χ0) is 13.2. The maximum atomic E-state index is 6.01. The Morgan fingerprint density at radius 1 is 1.11 bits per heavy atom. The SMILES string of the molecule is COCCNCCCNCc1cc(C)cc(Cl)c1. The van der Waals surface area contributed by atoms with Gasteiger partial charge in [-0.25, -0.2) is 0 Å². The Kier molecular flexibility index (Phi) is 8.01. The van der Waals surface area contributed by atoms with E-state index in [1.54, 1.807) is 7.11 Å². The van der Waals surface area contributed by atoms with Crippen LogP contribution in [0.4, 0.5) is 0 Å². The van der Waals surface area contributed by atoms with Crippen molar-refractivity contribution in [3.63, 3.8) is 0 Å². The molecule has 0 saturated carbocycles. The molecule has 0 radical (unpaired) electrons. The van der Waals surface area contributed by atoms with Gasteiger partial charge in [0.15, 0.2) is 0 Å². The molecule has 0 amide bonds. The summed E-state index contributed by atoms with van der Waals surface area (Å²) in [4.78, 5) is 0. The molecule has 1 rings (SSSR count). The van der Waals surface area contributed by atoms with Gasteiger partial charge in [-0.05, 0) is 49.7 Å². The Morgan fingerprint density at radius 3 is 2.61 bits per heavy atom. The van der Waals surface area contributed by atoms with Gasteiger partial charge in [-0.15, -0.1) is 0 Å². The molecule has 102 valence electrons. The van der Waals surface area contributed by atoms with Gasteiger partial charge in [0.25, 0.3) is 0 Å². The van der Waals surface area contributed by atoms with Crippen molar-refractivity contribution in [2.75, 3.05) is 33.4 Å². The number of rotatable bonds is 9. The average molecular weight is 271 g/mol. The van der Waals surface area contributed by atoms with E-state index in [4.69, 9.17) is 16.3 Å². The Hall–Kier alpha value is -0.610. The lowest BCUT2D eigenvalue weighted by Gasteiger charge is -2.07. The summed E-state index contributed by atoms with van der Waals surface area (Å²) in [6, 6.07) is 6.15. The predicted molar refractivity (Wildman–Crippen MR) is 77.3 cm³/mol. The Bertz CT molecular complexity index is 324. The molecule has 18 heavy (non-hydrogen) atoms. The van der Waals surface area contributed by atoms with Crippen LogP contribution in [0.1, 0.15) is 17.5 Å². The lowest BCUT2D eigenvalue weighted by molar-refractivity contribution is 0.199. The van der Waals surface area contributed by atoms with Crippen LogP contribution in [0, 0.1) is 6.92 Å². The minimum absolute atomic E-state index is 0.773. The molecule has 0 spiro atoms. The van der Waals surface area contributed by atoms with E-state index in [0.29, 0.717) is 0 Å². The van der Waals surface area contributed by atoms with E-state index in [2.05, 4.69) is 23.6 Å². The molecule has 0 saturated heterocycles. The molecule has 0 fully saturated rings. The maximum Gasteiger partial charge on any atom is 0.0587 e. The van der Waals surface area contributed by atoms with Crippen molar-refractivity contribution >= 4 is 11.6 Å². The van der Waals surface area contributed by atoms with Gasteiger partial charge in [0.05, 0.1) is 6.61 Å². The number of hydrogen-bond acceptors (Lipinski definition) is 3. The summed E-state index contributed by atoms with van der Waals surface area (Å²) in [6.07, 6.45) is 1.11. The fraction of sp³-hybridized carbons (Fsp3) is 0.571. The number of benzene rings is 1. The number of methoxy groups -OCH3 is 1. The zero-order valence-corrected chi connectivity index (χ0v) is 12.0. The molecule has 0 atom stereocenters. The molecule has 0 unspecified atom stereocenters. The highest BCUT2D eigenvalue weighted by molar-refractivity contribution is 6.30. The Morgan fingerprint density at radius 2 is 1.89 bits per heavy atom. The summed E-state index contributed by atoms with van der Waals surface area (Å²) < 4.78 is 4.96. The second kappa shape index (κ2) is 9.34. The molecule has 0 aromatic heterocycles. The highest BCUT2D eigenvalue weighted by Crippen LogP contribution is 2.14. The van der Waals surface area contributed by atoms with Crippen molar-refractivity contribution in [3.05, 3.63) is 34.3 Å². The number of halogens is 1. The van der Waals surface area contributed by atoms with Crippen molar-refractivity contribution in [2.24, 2.45) is 0 Å². The number of hydrogen-bond donors (Lipinski definition) is 2. The largest absolute Gasteiger partial charge is 0.383 e. The van der Waals surface area contributed by atoms with Crippen LogP contribution in [0.5, 0.6) is 0 Å². The van der Waals surface area contributed by atoms with Gasteiger partial charge in [0, 0.05) is 25.2 Å². The first-order valence-corrected chi connectivity index (χ1v) is 6.76. The van der Waals surface area contributed by atoms with Crippen molar-refractivity contribution in [3.8, 4) is 0 Å². The number of aryl methyl sites for hydroxylation is 1. The first kappa shape index (κ1) is 15.4. The smallest absolute Gasteiger partial charge is 0.0587 e. The molecule has 2 N–H and O–H groups in total. The molecule has 1 aromatic rings. The zero-order valence-electron chi connectivity index (χ0n) is 11.3. The van der Waals surface area contributed by atoms with E-state index in [1.807, 2.05) is 12.1 Å². The van der Waals surface area contributed by atoms with Crippen LogP contribution in [0.3, 0.4) is 0 Å². The monoisotopic (exact) mass is 270 g/mol. The molecular formula is C14H23ClN2O. The molecule has 3 nitrogen and oxygen atoms in total. The highest BCUT2D eigenvalue weighted by Gasteiger charge is 1.96. The minimum atomic E-state index is 0.773. The van der Waals surface area contributed by atoms with Crippen molar-refractivity contribution < 1.29 is 4.74 Å². The van der Waals surface area contributed by atoms with Gasteiger partial charge in [0.2, 0.25) is 0 Å². The van der Waals surface area contributed by atoms with Gasteiger partial charge in [0.1, 0.15) is 0 Å². The molecule has 0 aliphatic heterocycles. The van der Waals surface area contributed by atoms with Crippen LogP contribution in [0.2, 0.25) is 5.02 Å². The third-order valence-electron chi connectivity index (χ3n) is 2.62. The van der Waals surface area contributed by atoms with Crippen LogP contribution < -0.4 is 10.6 Å². The fourth-order valence-electron chi connectivity index (χ4n) is 1.78. The fourth-order valence-corrected chi connectivity index (χ4v) is 2.10. The second-order valence-electron chi connectivity index (χ2n) is 4.41. The third-order valence-corrected chi connectivity index (χ3v) is 2.84. The minimum Gasteiger partial charge on any atom is -0.383 e. The van der Waals surface area contributed by atoms with Gasteiger partial charge in [-0.1, -0.05) is 17.7 Å². The summed E-state index contributed by atoms with van der Waals surface area (Å²) in [5.41, 5.74) is 2.45. The van der Waals surface area contributed by atoms with E-state index < -0.39 is 0 Å². The number of ether oxygens (including phenoxy) is 1. The lowest BCUT2D eigenvalue weighted by Crippen LogP contribution is -2.24. The molecule has 0 heterocycles. The molecule has 0 bridgehead atoms. The molecule has 4 heteroatoms. The van der Waals surface area contributed by atoms with E-state index >= 15 is 0 Å². The molecular weight excluding hydrogens is 248 g/mol. The van der Waals surface area contributed by atoms with Crippen LogP contribution >= 0.6 is 11.6 Å². The maximum absolute atomic E-state index is 6.01. The van der Waals surface area contributed by atoms with Crippen LogP contribution in [0.15, 0.2) is 18.2 Å². The van der Waals surface area contributed by atoms with Crippen LogP contribution in [-0.4, -0.2) is 33.4 Å². The van der Waals surface area contributed by atoms with Gasteiger partial charge >= 0.3 is 0 Å². The molecule has 0 aliphatic rings. The van der Waals surface area contributed by atoms with Crippen molar-refractivity contribution in [2.45, 2.75) is 19.9 Å². The quantitative estimate of drug-likeness (QED) is 0.676. The Balaban J connectivity index is 2.07. The van der Waals surface area contributed by atoms with Crippen LogP contribution in [0.25, 0.3) is 0 Å². The van der Waals surface area contributed by atoms with E-state index in [1.165, 1.54) is 11.1 Å². The van der Waals surface area contributed by atoms with Crippen LogP contribution in [-0.2, 0) is 11.3 Å². The predicted octanol–water partition coefficient (Wildman–Crippen LogP) is 2.36. The number of nitrogens with one attached hydrogen (secondary N) is 2. The van der Waals surface area contributed by atoms with E-state index in [-0.39, 0.29) is 0 Å². The summed E-state index contributed by atoms with van der Waals surface area (Å²) in [5.74, 6) is 0. The summed E-state index contributed by atoms with van der Waals surface area (Å²) in [5, 5.41) is 7.55.